The highest BCUT2D eigenvalue weighted by Gasteiger charge is 2.14. The van der Waals surface area contributed by atoms with Gasteiger partial charge in [-0.05, 0) is 29.5 Å². The molecule has 1 aromatic heterocycles. The molecule has 2 rings (SSSR count). The Bertz CT molecular complexity index is 697. The molecule has 1 N–H and O–H groups in total. The Hall–Kier alpha value is -2.33. The van der Waals surface area contributed by atoms with E-state index in [0.29, 0.717) is 0 Å². The minimum atomic E-state index is -3.65. The number of esters is 1. The molecule has 9 nitrogen and oxygen atoms in total. The summed E-state index contributed by atoms with van der Waals surface area (Å²) in [6.07, 6.45) is 1.26. The van der Waals surface area contributed by atoms with Crippen LogP contribution in [0.1, 0.15) is 10.4 Å². The summed E-state index contributed by atoms with van der Waals surface area (Å²) < 4.78 is 31.0. The van der Waals surface area contributed by atoms with Gasteiger partial charge in [-0.2, -0.15) is 4.80 Å². The first-order valence-corrected chi connectivity index (χ1v) is 7.40. The monoisotopic (exact) mass is 311 g/mol. The number of aromatic nitrogens is 4. The summed E-state index contributed by atoms with van der Waals surface area (Å²) in [6.45, 7) is 0.386. The third-order valence-electron chi connectivity index (χ3n) is 2.58. The molecular formula is C11H13N5O4S. The van der Waals surface area contributed by atoms with Crippen molar-refractivity contribution in [1.82, 2.24) is 24.9 Å². The molecule has 2 aromatic rings. The lowest BCUT2D eigenvalue weighted by Crippen LogP contribution is -2.28. The van der Waals surface area contributed by atoms with Crippen molar-refractivity contribution in [3.63, 3.8) is 0 Å². The first kappa shape index (κ1) is 15.1. The number of carbonyl (C=O) groups excluding carboxylic acids is 1. The minimum Gasteiger partial charge on any atom is -0.465 e. The average molecular weight is 311 g/mol. The van der Waals surface area contributed by atoms with Crippen LogP contribution < -0.4 is 4.72 Å². The molecule has 0 fully saturated rings. The van der Waals surface area contributed by atoms with Gasteiger partial charge in [0, 0.05) is 6.54 Å². The van der Waals surface area contributed by atoms with Crippen LogP contribution in [-0.4, -0.2) is 48.2 Å². The molecule has 0 spiro atoms. The fourth-order valence-corrected chi connectivity index (χ4v) is 2.56. The third kappa shape index (κ3) is 3.83. The quantitative estimate of drug-likeness (QED) is 0.711. The van der Waals surface area contributed by atoms with E-state index >= 15 is 0 Å². The van der Waals surface area contributed by atoms with Crippen molar-refractivity contribution < 1.29 is 17.9 Å². The van der Waals surface area contributed by atoms with Crippen molar-refractivity contribution in [2.45, 2.75) is 11.4 Å². The molecule has 21 heavy (non-hydrogen) atoms. The van der Waals surface area contributed by atoms with Gasteiger partial charge in [-0.1, -0.05) is 0 Å². The average Bonchev–Trinajstić information content (AvgIpc) is 2.99. The number of sulfonamides is 1. The number of methoxy groups -OCH3 is 1. The van der Waals surface area contributed by atoms with Crippen molar-refractivity contribution in [2.24, 2.45) is 0 Å². The smallest absolute Gasteiger partial charge is 0.337 e. The van der Waals surface area contributed by atoms with Crippen LogP contribution in [0, 0.1) is 0 Å². The maximum Gasteiger partial charge on any atom is 0.337 e. The highest BCUT2D eigenvalue weighted by molar-refractivity contribution is 7.89. The van der Waals surface area contributed by atoms with Crippen LogP contribution in [0.4, 0.5) is 0 Å². The lowest BCUT2D eigenvalue weighted by Gasteiger charge is -2.06. The van der Waals surface area contributed by atoms with Crippen molar-refractivity contribution in [3.8, 4) is 0 Å². The lowest BCUT2D eigenvalue weighted by molar-refractivity contribution is 0.0600. The molecule has 1 aromatic carbocycles. The second-order valence-electron chi connectivity index (χ2n) is 3.95. The molecule has 0 aliphatic carbocycles. The van der Waals surface area contributed by atoms with Crippen molar-refractivity contribution in [3.05, 3.63) is 36.2 Å². The number of nitrogens with one attached hydrogen (secondary N) is 1. The predicted octanol–water partition coefficient (Wildman–Crippen LogP) is -0.562. The highest BCUT2D eigenvalue weighted by atomic mass is 32.2. The van der Waals surface area contributed by atoms with Crippen LogP contribution >= 0.6 is 0 Å². The third-order valence-corrected chi connectivity index (χ3v) is 4.06. The normalized spacial score (nSPS) is 11.3. The molecule has 0 saturated heterocycles. The summed E-state index contributed by atoms with van der Waals surface area (Å²) in [5.41, 5.74) is 0.281. The fraction of sp³-hybridized carbons (Fsp3) is 0.273. The Labute approximate surface area is 121 Å². The molecule has 0 atom stereocenters. The number of carbonyl (C=O) groups is 1. The number of benzene rings is 1. The van der Waals surface area contributed by atoms with Gasteiger partial charge < -0.3 is 4.74 Å². The van der Waals surface area contributed by atoms with E-state index in [1.54, 1.807) is 0 Å². The van der Waals surface area contributed by atoms with Crippen LogP contribution in [0.3, 0.4) is 0 Å². The molecule has 10 heteroatoms. The Kier molecular flexibility index (Phi) is 4.60. The summed E-state index contributed by atoms with van der Waals surface area (Å²) in [4.78, 5) is 12.6. The Morgan fingerprint density at radius 3 is 2.62 bits per heavy atom. The van der Waals surface area contributed by atoms with E-state index in [1.807, 2.05) is 0 Å². The van der Waals surface area contributed by atoms with E-state index in [-0.39, 0.29) is 23.5 Å². The Morgan fingerprint density at radius 1 is 1.33 bits per heavy atom. The Balaban J connectivity index is 2.00. The van der Waals surface area contributed by atoms with Gasteiger partial charge in [0.15, 0.2) is 6.33 Å². The maximum absolute atomic E-state index is 12.0. The second kappa shape index (κ2) is 6.41. The van der Waals surface area contributed by atoms with Crippen LogP contribution in [-0.2, 0) is 21.3 Å². The van der Waals surface area contributed by atoms with Gasteiger partial charge in [-0.3, -0.25) is 0 Å². The topological polar surface area (TPSA) is 116 Å². The number of rotatable bonds is 6. The zero-order valence-electron chi connectivity index (χ0n) is 11.1. The summed E-state index contributed by atoms with van der Waals surface area (Å²) in [5.74, 6) is -0.524. The summed E-state index contributed by atoms with van der Waals surface area (Å²) >= 11 is 0. The first-order chi connectivity index (χ1) is 10.0. The number of nitrogens with zero attached hydrogens (tertiary/aromatic N) is 4. The SMILES string of the molecule is COC(=O)c1ccc(S(=O)(=O)NCCn2ncnn2)cc1. The molecular weight excluding hydrogens is 298 g/mol. The van der Waals surface area contributed by atoms with Gasteiger partial charge >= 0.3 is 5.97 Å². The Morgan fingerprint density at radius 2 is 2.05 bits per heavy atom. The van der Waals surface area contributed by atoms with Crippen molar-refractivity contribution >= 4 is 16.0 Å². The van der Waals surface area contributed by atoms with Crippen LogP contribution in [0.5, 0.6) is 0 Å². The molecule has 0 aliphatic rings. The van der Waals surface area contributed by atoms with Crippen molar-refractivity contribution in [2.75, 3.05) is 13.7 Å². The van der Waals surface area contributed by atoms with Gasteiger partial charge in [0.1, 0.15) is 0 Å². The molecule has 0 saturated carbocycles. The number of ether oxygens (including phenoxy) is 1. The number of hydrogen-bond acceptors (Lipinski definition) is 7. The number of tetrazole rings is 1. The van der Waals surface area contributed by atoms with Gasteiger partial charge in [0.05, 0.1) is 24.1 Å². The van der Waals surface area contributed by atoms with E-state index in [0.717, 1.165) is 0 Å². The van der Waals surface area contributed by atoms with Crippen molar-refractivity contribution in [1.29, 1.82) is 0 Å². The van der Waals surface area contributed by atoms with E-state index < -0.39 is 16.0 Å². The van der Waals surface area contributed by atoms with E-state index in [2.05, 4.69) is 24.9 Å². The second-order valence-corrected chi connectivity index (χ2v) is 5.71. The van der Waals surface area contributed by atoms with Crippen LogP contribution in [0.25, 0.3) is 0 Å². The van der Waals surface area contributed by atoms with E-state index in [4.69, 9.17) is 0 Å². The zero-order chi connectivity index (χ0) is 15.3. The van der Waals surface area contributed by atoms with E-state index in [9.17, 15) is 13.2 Å². The first-order valence-electron chi connectivity index (χ1n) is 5.92. The summed E-state index contributed by atoms with van der Waals surface area (Å²) in [6, 6.07) is 5.45. The van der Waals surface area contributed by atoms with E-state index in [1.165, 1.54) is 42.5 Å². The van der Waals surface area contributed by atoms with Crippen LogP contribution in [0.2, 0.25) is 0 Å². The predicted molar refractivity (Wildman–Crippen MR) is 70.8 cm³/mol. The highest BCUT2D eigenvalue weighted by Crippen LogP contribution is 2.11. The molecule has 0 amide bonds. The van der Waals surface area contributed by atoms with Gasteiger partial charge in [-0.15, -0.1) is 10.2 Å². The maximum atomic E-state index is 12.0. The molecule has 0 bridgehead atoms. The largest absolute Gasteiger partial charge is 0.465 e. The fourth-order valence-electron chi connectivity index (χ4n) is 1.54. The molecule has 1 heterocycles. The standard InChI is InChI=1S/C11H13N5O4S/c1-20-11(17)9-2-4-10(5-3-9)21(18,19)14-6-7-16-13-8-12-15-16/h2-5,8,14H,6-7H2,1H3. The van der Waals surface area contributed by atoms with Gasteiger partial charge in [0.2, 0.25) is 10.0 Å². The summed E-state index contributed by atoms with van der Waals surface area (Å²) in [5, 5.41) is 10.9. The lowest BCUT2D eigenvalue weighted by atomic mass is 10.2. The van der Waals surface area contributed by atoms with Gasteiger partial charge in [0.25, 0.3) is 0 Å². The zero-order valence-corrected chi connectivity index (χ0v) is 11.9. The molecule has 0 unspecified atom stereocenters. The minimum absolute atomic E-state index is 0.0571. The molecule has 0 aliphatic heterocycles. The number of hydrogen-bond donors (Lipinski definition) is 1. The molecule has 0 radical (unpaired) electrons. The summed E-state index contributed by atoms with van der Waals surface area (Å²) in [7, 11) is -2.40. The molecule has 112 valence electrons. The van der Waals surface area contributed by atoms with Gasteiger partial charge in [-0.25, -0.2) is 17.9 Å². The van der Waals surface area contributed by atoms with Crippen LogP contribution in [0.15, 0.2) is 35.5 Å².